The monoisotopic (exact) mass is 467 g/mol. The zero-order valence-corrected chi connectivity index (χ0v) is 18.6. The van der Waals surface area contributed by atoms with Crippen molar-refractivity contribution >= 4 is 10.9 Å². The molecule has 3 aromatic heterocycles. The number of nitrogens with zero attached hydrogens (tertiary/aromatic N) is 5. The van der Waals surface area contributed by atoms with Crippen molar-refractivity contribution in [3.05, 3.63) is 82.7 Å². The van der Waals surface area contributed by atoms with Gasteiger partial charge in [0.2, 0.25) is 5.88 Å². The lowest BCUT2D eigenvalue weighted by molar-refractivity contribution is -0.141. The van der Waals surface area contributed by atoms with Crippen molar-refractivity contribution < 1.29 is 23.0 Å². The number of ether oxygens (including phenoxy) is 1. The molecule has 0 fully saturated rings. The van der Waals surface area contributed by atoms with Crippen molar-refractivity contribution in [2.45, 2.75) is 25.1 Å². The first-order valence-corrected chi connectivity index (χ1v) is 10.3. The largest absolute Gasteiger partial charge is 0.481 e. The van der Waals surface area contributed by atoms with E-state index in [2.05, 4.69) is 21.0 Å². The van der Waals surface area contributed by atoms with Crippen LogP contribution in [0.5, 0.6) is 5.88 Å². The molecule has 0 bridgehead atoms. The number of benzene rings is 1. The molecule has 4 aromatic rings. The Labute approximate surface area is 193 Å². The van der Waals surface area contributed by atoms with Crippen LogP contribution in [0.25, 0.3) is 10.9 Å². The third kappa shape index (κ3) is 3.64. The van der Waals surface area contributed by atoms with Crippen LogP contribution in [0.15, 0.2) is 49.1 Å². The molecule has 1 atom stereocenters. The van der Waals surface area contributed by atoms with Gasteiger partial charge in [0.25, 0.3) is 0 Å². The van der Waals surface area contributed by atoms with E-state index in [-0.39, 0.29) is 16.8 Å². The summed E-state index contributed by atoms with van der Waals surface area (Å²) in [6.45, 7) is 1.86. The maximum absolute atomic E-state index is 13.4. The van der Waals surface area contributed by atoms with Crippen molar-refractivity contribution in [2.75, 3.05) is 7.11 Å². The first kappa shape index (κ1) is 23.2. The third-order valence-corrected chi connectivity index (χ3v) is 5.78. The van der Waals surface area contributed by atoms with Crippen LogP contribution in [-0.4, -0.2) is 31.7 Å². The second-order valence-corrected chi connectivity index (χ2v) is 7.70. The van der Waals surface area contributed by atoms with E-state index in [9.17, 15) is 23.5 Å². The van der Waals surface area contributed by atoms with E-state index in [1.165, 1.54) is 30.3 Å². The van der Waals surface area contributed by atoms with Gasteiger partial charge in [0.05, 0.1) is 36.4 Å². The molecule has 3 heterocycles. The molecule has 0 radical (unpaired) electrons. The number of hydrogen-bond donors (Lipinski definition) is 1. The highest BCUT2D eigenvalue weighted by Gasteiger charge is 2.40. The Bertz CT molecular complexity index is 1420. The van der Waals surface area contributed by atoms with Gasteiger partial charge in [-0.15, -0.1) is 0 Å². The van der Waals surface area contributed by atoms with Crippen molar-refractivity contribution in [3.63, 3.8) is 0 Å². The smallest absolute Gasteiger partial charge is 0.433 e. The van der Waals surface area contributed by atoms with Crippen molar-refractivity contribution in [3.8, 4) is 11.9 Å². The Hall–Kier alpha value is -3.97. The Balaban J connectivity index is 2.05. The molecule has 0 amide bonds. The summed E-state index contributed by atoms with van der Waals surface area (Å²) in [5, 5.41) is 22.4. The van der Waals surface area contributed by atoms with Gasteiger partial charge in [-0.25, -0.2) is 9.97 Å². The number of alkyl halides is 3. The van der Waals surface area contributed by atoms with E-state index >= 15 is 0 Å². The molecule has 34 heavy (non-hydrogen) atoms. The minimum absolute atomic E-state index is 0.0477. The molecule has 7 nitrogen and oxygen atoms in total. The van der Waals surface area contributed by atoms with E-state index < -0.39 is 17.5 Å². The second kappa shape index (κ2) is 8.43. The minimum atomic E-state index is -4.70. The fourth-order valence-electron chi connectivity index (χ4n) is 4.11. The lowest BCUT2D eigenvalue weighted by Crippen LogP contribution is -2.31. The summed E-state index contributed by atoms with van der Waals surface area (Å²) in [5.74, 6) is 0.324. The summed E-state index contributed by atoms with van der Waals surface area (Å²) in [4.78, 5) is 11.9. The van der Waals surface area contributed by atoms with Gasteiger partial charge < -0.3 is 14.4 Å². The zero-order chi connectivity index (χ0) is 24.7. The highest BCUT2D eigenvalue weighted by Crippen LogP contribution is 2.40. The van der Waals surface area contributed by atoms with Gasteiger partial charge in [0.1, 0.15) is 11.8 Å². The molecule has 0 saturated carbocycles. The van der Waals surface area contributed by atoms with E-state index in [0.29, 0.717) is 34.3 Å². The van der Waals surface area contributed by atoms with Crippen LogP contribution in [0.2, 0.25) is 0 Å². The van der Waals surface area contributed by atoms with E-state index in [1.54, 1.807) is 25.2 Å². The average molecular weight is 467 g/mol. The lowest BCUT2D eigenvalue weighted by atomic mass is 9.82. The van der Waals surface area contributed by atoms with Gasteiger partial charge in [-0.2, -0.15) is 18.4 Å². The number of halogens is 3. The fraction of sp³-hybridized carbons (Fsp3) is 0.250. The summed E-state index contributed by atoms with van der Waals surface area (Å²) >= 11 is 0. The molecule has 0 aliphatic rings. The topological polar surface area (TPSA) is 96.8 Å². The number of fused-ring (bicyclic) bond motifs is 1. The number of methoxy groups -OCH3 is 1. The standard InChI is InChI=1S/C24H20F3N5O2/c1-4-16-18(11-28)17-9-14(5-6-19(17)31-22(16)34-3)23(33,21-12-29-13-32(21)2)15-7-8-30-20(10-15)24(25,26)27/h5-10,12-13,33H,4H2,1-3H3. The van der Waals surface area contributed by atoms with Gasteiger partial charge in [0.15, 0.2) is 5.60 Å². The number of pyridine rings is 2. The Morgan fingerprint density at radius 3 is 2.50 bits per heavy atom. The summed E-state index contributed by atoms with van der Waals surface area (Å²) in [5.41, 5.74) is -1.35. The summed E-state index contributed by atoms with van der Waals surface area (Å²) in [6.07, 6.45) is -0.396. The van der Waals surface area contributed by atoms with E-state index in [4.69, 9.17) is 4.74 Å². The first-order chi connectivity index (χ1) is 16.1. The zero-order valence-electron chi connectivity index (χ0n) is 18.6. The predicted octanol–water partition coefficient (Wildman–Crippen LogP) is 4.11. The molecule has 4 rings (SSSR count). The summed E-state index contributed by atoms with van der Waals surface area (Å²) in [7, 11) is 3.09. The Morgan fingerprint density at radius 1 is 1.18 bits per heavy atom. The number of aliphatic hydroxyl groups is 1. The molecular formula is C24H20F3N5O2. The molecule has 0 aliphatic heterocycles. The SMILES string of the molecule is CCc1c(OC)nc2ccc(C(O)(c3ccnc(C(F)(F)F)c3)c3cncn3C)cc2c1C#N. The van der Waals surface area contributed by atoms with Crippen molar-refractivity contribution in [1.82, 2.24) is 19.5 Å². The number of hydrogen-bond acceptors (Lipinski definition) is 6. The van der Waals surface area contributed by atoms with Crippen molar-refractivity contribution in [2.24, 2.45) is 7.05 Å². The highest BCUT2D eigenvalue weighted by molar-refractivity contribution is 5.88. The number of aromatic nitrogens is 4. The molecule has 1 N–H and O–H groups in total. The normalized spacial score (nSPS) is 13.5. The van der Waals surface area contributed by atoms with Crippen LogP contribution in [0.1, 0.15) is 40.6 Å². The third-order valence-electron chi connectivity index (χ3n) is 5.78. The Morgan fingerprint density at radius 2 is 1.91 bits per heavy atom. The van der Waals surface area contributed by atoms with Crippen LogP contribution in [0.3, 0.4) is 0 Å². The number of nitriles is 1. The van der Waals surface area contributed by atoms with E-state index in [1.807, 2.05) is 6.92 Å². The predicted molar refractivity (Wildman–Crippen MR) is 117 cm³/mol. The second-order valence-electron chi connectivity index (χ2n) is 7.70. The molecular weight excluding hydrogens is 447 g/mol. The average Bonchev–Trinajstić information content (AvgIpc) is 3.27. The quantitative estimate of drug-likeness (QED) is 0.475. The molecule has 0 spiro atoms. The first-order valence-electron chi connectivity index (χ1n) is 10.3. The van der Waals surface area contributed by atoms with Crippen LogP contribution in [0.4, 0.5) is 13.2 Å². The van der Waals surface area contributed by atoms with E-state index in [0.717, 1.165) is 12.3 Å². The van der Waals surface area contributed by atoms with Crippen LogP contribution >= 0.6 is 0 Å². The Kier molecular flexibility index (Phi) is 5.75. The van der Waals surface area contributed by atoms with Crippen LogP contribution < -0.4 is 4.74 Å². The highest BCUT2D eigenvalue weighted by atomic mass is 19.4. The molecule has 1 unspecified atom stereocenters. The molecule has 1 aromatic carbocycles. The van der Waals surface area contributed by atoms with Gasteiger partial charge in [-0.1, -0.05) is 13.0 Å². The maximum Gasteiger partial charge on any atom is 0.433 e. The summed E-state index contributed by atoms with van der Waals surface area (Å²) < 4.78 is 47.1. The van der Waals surface area contributed by atoms with Gasteiger partial charge in [0, 0.05) is 24.2 Å². The molecule has 10 heteroatoms. The van der Waals surface area contributed by atoms with Gasteiger partial charge in [-0.3, -0.25) is 4.98 Å². The molecule has 0 saturated heterocycles. The van der Waals surface area contributed by atoms with Gasteiger partial charge >= 0.3 is 6.18 Å². The van der Waals surface area contributed by atoms with Crippen LogP contribution in [0, 0.1) is 11.3 Å². The van der Waals surface area contributed by atoms with Crippen molar-refractivity contribution in [1.29, 1.82) is 5.26 Å². The molecule has 0 aliphatic carbocycles. The number of rotatable bonds is 5. The van der Waals surface area contributed by atoms with Crippen LogP contribution in [-0.2, 0) is 25.2 Å². The number of imidazole rings is 1. The minimum Gasteiger partial charge on any atom is -0.481 e. The maximum atomic E-state index is 13.4. The number of aryl methyl sites for hydroxylation is 1. The summed E-state index contributed by atoms with van der Waals surface area (Å²) in [6, 6.07) is 9.04. The fourth-order valence-corrected chi connectivity index (χ4v) is 4.11. The van der Waals surface area contributed by atoms with Gasteiger partial charge in [-0.05, 0) is 41.8 Å². The lowest BCUT2D eigenvalue weighted by Gasteiger charge is -2.30. The molecule has 174 valence electrons.